The third-order valence-electron chi connectivity index (χ3n) is 2.49. The zero-order chi connectivity index (χ0) is 8.88. The quantitative estimate of drug-likeness (QED) is 0.636. The van der Waals surface area contributed by atoms with Gasteiger partial charge in [-0.05, 0) is 12.0 Å². The highest BCUT2D eigenvalue weighted by molar-refractivity contribution is 5.97. The summed E-state index contributed by atoms with van der Waals surface area (Å²) in [4.78, 5) is 23.0. The van der Waals surface area contributed by atoms with Crippen molar-refractivity contribution in [2.24, 2.45) is 5.92 Å². The fourth-order valence-corrected chi connectivity index (χ4v) is 1.79. The molecule has 1 amide bonds. The number of rotatable bonds is 1. The number of carbonyl (C=O) groups is 2. The molecule has 2 aliphatic heterocycles. The Kier molecular flexibility index (Phi) is 2.34. The van der Waals surface area contributed by atoms with Crippen molar-refractivity contribution in [3.63, 3.8) is 0 Å². The summed E-state index contributed by atoms with van der Waals surface area (Å²) in [5.41, 5.74) is 0.156. The molecule has 0 aromatic rings. The van der Waals surface area contributed by atoms with Crippen molar-refractivity contribution in [2.75, 3.05) is 0 Å². The summed E-state index contributed by atoms with van der Waals surface area (Å²) in [6.45, 7) is 1.93. The monoisotopic (exact) mass is 203 g/mol. The topological polar surface area (TPSA) is 57.6 Å². The predicted molar refractivity (Wildman–Crippen MR) is 47.4 cm³/mol. The van der Waals surface area contributed by atoms with Crippen LogP contribution in [0.25, 0.3) is 0 Å². The third kappa shape index (κ3) is 1.21. The van der Waals surface area contributed by atoms with Gasteiger partial charge in [-0.3, -0.25) is 4.79 Å². The molecule has 1 saturated heterocycles. The summed E-state index contributed by atoms with van der Waals surface area (Å²) in [6, 6.07) is 0.114. The maximum absolute atomic E-state index is 11.0. The van der Waals surface area contributed by atoms with E-state index in [1.807, 2.05) is 6.92 Å². The van der Waals surface area contributed by atoms with E-state index in [-0.39, 0.29) is 36.0 Å². The first-order valence-corrected chi connectivity index (χ1v) is 3.88. The molecule has 1 fully saturated rings. The first-order valence-electron chi connectivity index (χ1n) is 3.88. The molecule has 0 radical (unpaired) electrons. The lowest BCUT2D eigenvalue weighted by Gasteiger charge is -2.37. The zero-order valence-corrected chi connectivity index (χ0v) is 7.87. The Morgan fingerprint density at radius 3 is 2.69 bits per heavy atom. The molecular weight excluding hydrogens is 194 g/mol. The fraction of sp³-hybridized carbons (Fsp3) is 0.500. The lowest BCUT2D eigenvalue weighted by atomic mass is 9.94. The number of β-lactam (4-membered cyclic amide) rings is 1. The fourth-order valence-electron chi connectivity index (χ4n) is 1.79. The van der Waals surface area contributed by atoms with Crippen molar-refractivity contribution in [3.8, 4) is 0 Å². The number of hydrogen-bond donors (Lipinski definition) is 1. The minimum absolute atomic E-state index is 0. The van der Waals surface area contributed by atoms with Crippen molar-refractivity contribution < 1.29 is 14.7 Å². The molecule has 72 valence electrons. The van der Waals surface area contributed by atoms with Gasteiger partial charge in [0.25, 0.3) is 0 Å². The smallest absolute Gasteiger partial charge is 0.352 e. The average Bonchev–Trinajstić information content (AvgIpc) is 2.22. The molecule has 2 aliphatic rings. The zero-order valence-electron chi connectivity index (χ0n) is 7.06. The molecule has 0 aromatic heterocycles. The van der Waals surface area contributed by atoms with Crippen LogP contribution in [0.4, 0.5) is 0 Å². The van der Waals surface area contributed by atoms with E-state index >= 15 is 0 Å². The third-order valence-corrected chi connectivity index (χ3v) is 2.49. The van der Waals surface area contributed by atoms with Gasteiger partial charge in [-0.1, -0.05) is 6.92 Å². The minimum atomic E-state index is -1.00. The second-order valence-corrected chi connectivity index (χ2v) is 3.25. The lowest BCUT2D eigenvalue weighted by molar-refractivity contribution is -0.148. The number of carbonyl (C=O) groups excluding carboxylic acids is 1. The lowest BCUT2D eigenvalue weighted by Crippen LogP contribution is -2.51. The number of fused-ring (bicyclic) bond motifs is 1. The molecular formula is C8H10ClNO3. The van der Waals surface area contributed by atoms with Gasteiger partial charge in [0.1, 0.15) is 5.70 Å². The van der Waals surface area contributed by atoms with Gasteiger partial charge in [-0.2, -0.15) is 0 Å². The highest BCUT2D eigenvalue weighted by atomic mass is 35.5. The second kappa shape index (κ2) is 3.03. The summed E-state index contributed by atoms with van der Waals surface area (Å²) in [7, 11) is 0. The SMILES string of the molecule is CC1C=C(C(=O)O)N2C(=O)C[C@@H]12.Cl. The molecule has 0 saturated carbocycles. The predicted octanol–water partition coefficient (Wildman–Crippen LogP) is 0.627. The van der Waals surface area contributed by atoms with Crippen LogP contribution in [0, 0.1) is 5.92 Å². The number of amides is 1. The van der Waals surface area contributed by atoms with Crippen LogP contribution in [0.15, 0.2) is 11.8 Å². The van der Waals surface area contributed by atoms with Crippen LogP contribution in [0.3, 0.4) is 0 Å². The van der Waals surface area contributed by atoms with Gasteiger partial charge >= 0.3 is 5.97 Å². The largest absolute Gasteiger partial charge is 0.477 e. The molecule has 2 heterocycles. The Labute approximate surface area is 81.6 Å². The number of halogens is 1. The van der Waals surface area contributed by atoms with Gasteiger partial charge in [-0.25, -0.2) is 4.79 Å². The van der Waals surface area contributed by atoms with E-state index in [1.165, 1.54) is 4.90 Å². The first kappa shape index (κ1) is 10.1. The summed E-state index contributed by atoms with van der Waals surface area (Å²) >= 11 is 0. The van der Waals surface area contributed by atoms with E-state index in [2.05, 4.69) is 0 Å². The maximum Gasteiger partial charge on any atom is 0.352 e. The summed E-state index contributed by atoms with van der Waals surface area (Å²) in [6.07, 6.45) is 2.15. The average molecular weight is 204 g/mol. The van der Waals surface area contributed by atoms with Crippen molar-refractivity contribution in [1.29, 1.82) is 0 Å². The van der Waals surface area contributed by atoms with E-state index in [9.17, 15) is 9.59 Å². The highest BCUT2D eigenvalue weighted by Crippen LogP contribution is 2.37. The molecule has 1 N–H and O–H groups in total. The van der Waals surface area contributed by atoms with E-state index in [0.717, 1.165) is 0 Å². The molecule has 1 unspecified atom stereocenters. The van der Waals surface area contributed by atoms with Gasteiger partial charge in [-0.15, -0.1) is 12.4 Å². The van der Waals surface area contributed by atoms with Crippen LogP contribution in [0.5, 0.6) is 0 Å². The molecule has 0 aliphatic carbocycles. The number of carboxylic acids is 1. The Morgan fingerprint density at radius 1 is 1.69 bits per heavy atom. The maximum atomic E-state index is 11.0. The number of nitrogens with zero attached hydrogens (tertiary/aromatic N) is 1. The van der Waals surface area contributed by atoms with Gasteiger partial charge < -0.3 is 10.0 Å². The van der Waals surface area contributed by atoms with Gasteiger partial charge in [0.05, 0.1) is 6.04 Å². The second-order valence-electron chi connectivity index (χ2n) is 3.25. The molecule has 0 bridgehead atoms. The minimum Gasteiger partial charge on any atom is -0.477 e. The van der Waals surface area contributed by atoms with Crippen molar-refractivity contribution in [1.82, 2.24) is 4.90 Å². The van der Waals surface area contributed by atoms with Crippen LogP contribution >= 0.6 is 12.4 Å². The van der Waals surface area contributed by atoms with Crippen LogP contribution in [-0.2, 0) is 9.59 Å². The molecule has 13 heavy (non-hydrogen) atoms. The molecule has 4 nitrogen and oxygen atoms in total. The Morgan fingerprint density at radius 2 is 2.31 bits per heavy atom. The molecule has 0 aromatic carbocycles. The first-order chi connectivity index (χ1) is 5.61. The van der Waals surface area contributed by atoms with E-state index in [1.54, 1.807) is 6.08 Å². The van der Waals surface area contributed by atoms with Crippen LogP contribution < -0.4 is 0 Å². The van der Waals surface area contributed by atoms with E-state index in [0.29, 0.717) is 6.42 Å². The Hall–Kier alpha value is -1.03. The number of carboxylic acid groups (broad SMARTS) is 1. The van der Waals surface area contributed by atoms with E-state index < -0.39 is 5.97 Å². The van der Waals surface area contributed by atoms with Crippen molar-refractivity contribution >= 4 is 24.3 Å². The van der Waals surface area contributed by atoms with Crippen molar-refractivity contribution in [2.45, 2.75) is 19.4 Å². The Bertz CT molecular complexity index is 300. The van der Waals surface area contributed by atoms with E-state index in [4.69, 9.17) is 5.11 Å². The molecule has 2 rings (SSSR count). The summed E-state index contributed by atoms with van der Waals surface area (Å²) in [5, 5.41) is 8.71. The molecule has 2 atom stereocenters. The highest BCUT2D eigenvalue weighted by Gasteiger charge is 2.47. The van der Waals surface area contributed by atoms with Crippen LogP contribution in [0.2, 0.25) is 0 Å². The Balaban J connectivity index is 0.000000845. The summed E-state index contributed by atoms with van der Waals surface area (Å²) < 4.78 is 0. The summed E-state index contributed by atoms with van der Waals surface area (Å²) in [5.74, 6) is -0.885. The number of aliphatic carboxylic acids is 1. The molecule has 5 heteroatoms. The number of hydrogen-bond acceptors (Lipinski definition) is 2. The standard InChI is InChI=1S/C8H9NO3.ClH/c1-4-2-6(8(11)12)9-5(4)3-7(9)10;/h2,4-5H,3H2,1H3,(H,11,12);1H/t4?,5-;/m0./s1. The van der Waals surface area contributed by atoms with Crippen LogP contribution in [0.1, 0.15) is 13.3 Å². The van der Waals surface area contributed by atoms with Crippen molar-refractivity contribution in [3.05, 3.63) is 11.8 Å². The normalized spacial score (nSPS) is 30.1. The van der Waals surface area contributed by atoms with Gasteiger partial charge in [0.2, 0.25) is 5.91 Å². The van der Waals surface area contributed by atoms with Crippen LogP contribution in [-0.4, -0.2) is 27.9 Å². The van der Waals surface area contributed by atoms with Gasteiger partial charge in [0, 0.05) is 6.42 Å². The molecule has 0 spiro atoms. The van der Waals surface area contributed by atoms with Gasteiger partial charge in [0.15, 0.2) is 0 Å².